The van der Waals surface area contributed by atoms with Crippen molar-refractivity contribution in [1.82, 2.24) is 0 Å². The molecule has 0 saturated carbocycles. The summed E-state index contributed by atoms with van der Waals surface area (Å²) >= 11 is 0. The molecule has 1 rings (SSSR count). The molecule has 0 bridgehead atoms. The Kier molecular flexibility index (Phi) is 4.67. The predicted octanol–water partition coefficient (Wildman–Crippen LogP) is 3.92. The lowest BCUT2D eigenvalue weighted by atomic mass is 9.91. The van der Waals surface area contributed by atoms with Gasteiger partial charge in [0.05, 0.1) is 5.92 Å². The summed E-state index contributed by atoms with van der Waals surface area (Å²) in [6, 6.07) is 4.80. The third-order valence-electron chi connectivity index (χ3n) is 3.32. The normalized spacial score (nSPS) is 12.8. The maximum absolute atomic E-state index is 13.9. The summed E-state index contributed by atoms with van der Waals surface area (Å²) in [5.74, 6) is -1.67. The molecule has 94 valence electrons. The first-order chi connectivity index (χ1) is 8.01. The number of aliphatic carboxylic acids is 1. The molecule has 2 nitrogen and oxygen atoms in total. The number of halogens is 1. The molecule has 1 N–H and O–H groups in total. The Morgan fingerprint density at radius 3 is 2.35 bits per heavy atom. The van der Waals surface area contributed by atoms with Crippen molar-refractivity contribution >= 4 is 5.97 Å². The van der Waals surface area contributed by atoms with Gasteiger partial charge in [0, 0.05) is 0 Å². The average Bonchev–Trinajstić information content (AvgIpc) is 2.31. The SMILES string of the molecule is CCC(CC)c1ccc(C(C)C(=O)O)cc1F. The minimum Gasteiger partial charge on any atom is -0.481 e. The second kappa shape index (κ2) is 5.80. The Bertz CT molecular complexity index is 397. The van der Waals surface area contributed by atoms with E-state index in [9.17, 15) is 9.18 Å². The van der Waals surface area contributed by atoms with Crippen LogP contribution >= 0.6 is 0 Å². The van der Waals surface area contributed by atoms with Gasteiger partial charge in [-0.25, -0.2) is 4.39 Å². The number of carboxylic acid groups (broad SMARTS) is 1. The van der Waals surface area contributed by atoms with E-state index >= 15 is 0 Å². The highest BCUT2D eigenvalue weighted by molar-refractivity contribution is 5.75. The van der Waals surface area contributed by atoms with Gasteiger partial charge in [-0.2, -0.15) is 0 Å². The maximum atomic E-state index is 13.9. The minimum absolute atomic E-state index is 0.212. The van der Waals surface area contributed by atoms with Crippen LogP contribution in [-0.4, -0.2) is 11.1 Å². The zero-order valence-electron chi connectivity index (χ0n) is 10.5. The van der Waals surface area contributed by atoms with Crippen LogP contribution in [0.1, 0.15) is 56.6 Å². The van der Waals surface area contributed by atoms with Crippen LogP contribution in [0.2, 0.25) is 0 Å². The number of benzene rings is 1. The first kappa shape index (κ1) is 13.7. The zero-order chi connectivity index (χ0) is 13.0. The molecule has 1 aromatic rings. The van der Waals surface area contributed by atoms with Crippen molar-refractivity contribution < 1.29 is 14.3 Å². The summed E-state index contributed by atoms with van der Waals surface area (Å²) in [5, 5.41) is 8.87. The molecule has 0 fully saturated rings. The van der Waals surface area contributed by atoms with Crippen LogP contribution in [0.5, 0.6) is 0 Å². The lowest BCUT2D eigenvalue weighted by molar-refractivity contribution is -0.138. The Hall–Kier alpha value is -1.38. The minimum atomic E-state index is -0.931. The van der Waals surface area contributed by atoms with Gasteiger partial charge >= 0.3 is 5.97 Å². The standard InChI is InChI=1S/C14H19FO2/c1-4-10(5-2)12-7-6-11(8-13(12)15)9(3)14(16)17/h6-10H,4-5H2,1-3H3,(H,16,17). The molecule has 0 aromatic heterocycles. The van der Waals surface area contributed by atoms with Gasteiger partial charge in [0.2, 0.25) is 0 Å². The Morgan fingerprint density at radius 1 is 1.35 bits per heavy atom. The zero-order valence-corrected chi connectivity index (χ0v) is 10.5. The van der Waals surface area contributed by atoms with Crippen molar-refractivity contribution in [2.45, 2.75) is 45.4 Å². The van der Waals surface area contributed by atoms with E-state index in [1.54, 1.807) is 19.1 Å². The number of carbonyl (C=O) groups is 1. The fraction of sp³-hybridized carbons (Fsp3) is 0.500. The van der Waals surface area contributed by atoms with Gasteiger partial charge in [0.25, 0.3) is 0 Å². The van der Waals surface area contributed by atoms with Crippen LogP contribution in [-0.2, 0) is 4.79 Å². The molecule has 1 aromatic carbocycles. The highest BCUT2D eigenvalue weighted by Crippen LogP contribution is 2.28. The highest BCUT2D eigenvalue weighted by atomic mass is 19.1. The van der Waals surface area contributed by atoms with Gasteiger partial charge < -0.3 is 5.11 Å². The van der Waals surface area contributed by atoms with Crippen LogP contribution < -0.4 is 0 Å². The molecule has 0 aliphatic rings. The van der Waals surface area contributed by atoms with Gasteiger partial charge in [-0.15, -0.1) is 0 Å². The van der Waals surface area contributed by atoms with Crippen LogP contribution in [0, 0.1) is 5.82 Å². The molecule has 0 saturated heterocycles. The average molecular weight is 238 g/mol. The third-order valence-corrected chi connectivity index (χ3v) is 3.32. The summed E-state index contributed by atoms with van der Waals surface area (Å²) in [6.07, 6.45) is 1.78. The van der Waals surface area contributed by atoms with Crippen LogP contribution in [0.3, 0.4) is 0 Å². The Morgan fingerprint density at radius 2 is 1.94 bits per heavy atom. The number of hydrogen-bond donors (Lipinski definition) is 1. The molecule has 3 heteroatoms. The van der Waals surface area contributed by atoms with E-state index in [4.69, 9.17) is 5.11 Å². The predicted molar refractivity (Wildman–Crippen MR) is 65.8 cm³/mol. The van der Waals surface area contributed by atoms with Crippen LogP contribution in [0.15, 0.2) is 18.2 Å². The molecule has 1 atom stereocenters. The first-order valence-electron chi connectivity index (χ1n) is 6.03. The maximum Gasteiger partial charge on any atom is 0.310 e. The van der Waals surface area contributed by atoms with E-state index in [0.29, 0.717) is 11.1 Å². The fourth-order valence-electron chi connectivity index (χ4n) is 2.01. The number of rotatable bonds is 5. The monoisotopic (exact) mass is 238 g/mol. The van der Waals surface area contributed by atoms with Gasteiger partial charge in [-0.05, 0) is 42.9 Å². The Labute approximate surface area is 101 Å². The summed E-state index contributed by atoms with van der Waals surface area (Å²) in [5.41, 5.74) is 1.21. The summed E-state index contributed by atoms with van der Waals surface area (Å²) in [7, 11) is 0. The van der Waals surface area contributed by atoms with Crippen molar-refractivity contribution in [3.8, 4) is 0 Å². The van der Waals surface area contributed by atoms with E-state index < -0.39 is 11.9 Å². The molecule has 17 heavy (non-hydrogen) atoms. The number of carboxylic acids is 1. The van der Waals surface area contributed by atoms with E-state index in [-0.39, 0.29) is 11.7 Å². The Balaban J connectivity index is 3.05. The smallest absolute Gasteiger partial charge is 0.310 e. The molecular formula is C14H19FO2. The molecule has 0 heterocycles. The highest BCUT2D eigenvalue weighted by Gasteiger charge is 2.17. The van der Waals surface area contributed by atoms with E-state index in [1.165, 1.54) is 6.07 Å². The third kappa shape index (κ3) is 3.05. The largest absolute Gasteiger partial charge is 0.481 e. The molecule has 0 aliphatic carbocycles. The van der Waals surface area contributed by atoms with Gasteiger partial charge in [-0.3, -0.25) is 4.79 Å². The molecular weight excluding hydrogens is 219 g/mol. The molecule has 1 unspecified atom stereocenters. The van der Waals surface area contributed by atoms with Crippen LogP contribution in [0.4, 0.5) is 4.39 Å². The molecule has 0 amide bonds. The van der Waals surface area contributed by atoms with Crippen molar-refractivity contribution in [2.24, 2.45) is 0 Å². The fourth-order valence-corrected chi connectivity index (χ4v) is 2.01. The summed E-state index contributed by atoms with van der Waals surface area (Å²) in [4.78, 5) is 10.8. The van der Waals surface area contributed by atoms with E-state index in [1.807, 2.05) is 13.8 Å². The van der Waals surface area contributed by atoms with Gasteiger partial charge in [0.1, 0.15) is 5.82 Å². The van der Waals surface area contributed by atoms with Crippen molar-refractivity contribution in [3.63, 3.8) is 0 Å². The van der Waals surface area contributed by atoms with Gasteiger partial charge in [-0.1, -0.05) is 26.0 Å². The lowest BCUT2D eigenvalue weighted by Gasteiger charge is -2.15. The molecule has 0 aliphatic heterocycles. The summed E-state index contributed by atoms with van der Waals surface area (Å²) in [6.45, 7) is 5.62. The van der Waals surface area contributed by atoms with Crippen molar-refractivity contribution in [2.75, 3.05) is 0 Å². The lowest BCUT2D eigenvalue weighted by Crippen LogP contribution is -2.09. The summed E-state index contributed by atoms with van der Waals surface area (Å²) < 4.78 is 13.9. The van der Waals surface area contributed by atoms with E-state index in [0.717, 1.165) is 12.8 Å². The molecule has 0 radical (unpaired) electrons. The van der Waals surface area contributed by atoms with Crippen molar-refractivity contribution in [3.05, 3.63) is 35.1 Å². The second-order valence-corrected chi connectivity index (χ2v) is 4.35. The van der Waals surface area contributed by atoms with E-state index in [2.05, 4.69) is 0 Å². The molecule has 0 spiro atoms. The van der Waals surface area contributed by atoms with Crippen molar-refractivity contribution in [1.29, 1.82) is 0 Å². The van der Waals surface area contributed by atoms with Crippen LogP contribution in [0.25, 0.3) is 0 Å². The topological polar surface area (TPSA) is 37.3 Å². The number of hydrogen-bond acceptors (Lipinski definition) is 1. The first-order valence-corrected chi connectivity index (χ1v) is 6.03. The second-order valence-electron chi connectivity index (χ2n) is 4.35. The van der Waals surface area contributed by atoms with Gasteiger partial charge in [0.15, 0.2) is 0 Å². The quantitative estimate of drug-likeness (QED) is 0.844.